The first-order valence-corrected chi connectivity index (χ1v) is 6.53. The molecule has 0 rings (SSSR count). The molecule has 3 nitrogen and oxygen atoms in total. The van der Waals surface area contributed by atoms with Crippen LogP contribution >= 0.6 is 0 Å². The Bertz CT molecular complexity index is 305. The molecule has 2 atom stereocenters. The van der Waals surface area contributed by atoms with Crippen LogP contribution in [0.25, 0.3) is 0 Å². The molecule has 0 heterocycles. The van der Waals surface area contributed by atoms with Crippen molar-refractivity contribution in [3.05, 3.63) is 0 Å². The van der Waals surface area contributed by atoms with E-state index in [0.717, 1.165) is 25.7 Å². The van der Waals surface area contributed by atoms with Crippen LogP contribution < -0.4 is 0 Å². The predicted octanol–water partition coefficient (Wildman–Crippen LogP) is 3.32. The molecule has 3 heteroatoms. The molecule has 0 N–H and O–H groups in total. The highest BCUT2D eigenvalue weighted by Gasteiger charge is 2.27. The number of methoxy groups -OCH3 is 1. The molecule has 0 bridgehead atoms. The molecule has 0 aliphatic rings. The van der Waals surface area contributed by atoms with Crippen LogP contribution in [0.1, 0.15) is 59.8 Å². The molecule has 0 fully saturated rings. The summed E-state index contributed by atoms with van der Waals surface area (Å²) >= 11 is 0. The Kier molecular flexibility index (Phi) is 7.01. The first-order chi connectivity index (χ1) is 8.31. The van der Waals surface area contributed by atoms with Crippen LogP contribution in [0.2, 0.25) is 0 Å². The van der Waals surface area contributed by atoms with Gasteiger partial charge in [0.25, 0.3) is 0 Å². The number of ether oxygens (including phenoxy) is 2. The fourth-order valence-electron chi connectivity index (χ4n) is 2.13. The molecular formula is C15H26O3. The van der Waals surface area contributed by atoms with Crippen LogP contribution in [0.5, 0.6) is 0 Å². The molecular weight excluding hydrogens is 228 g/mol. The summed E-state index contributed by atoms with van der Waals surface area (Å²) in [4.78, 5) is 11.0. The molecule has 0 aromatic rings. The van der Waals surface area contributed by atoms with E-state index in [2.05, 4.69) is 19.8 Å². The maximum atomic E-state index is 11.0. The number of hydrogen-bond donors (Lipinski definition) is 0. The van der Waals surface area contributed by atoms with Crippen molar-refractivity contribution in [1.29, 1.82) is 0 Å². The standard InChI is InChI=1S/C15H26O3/c1-7-10-15(5,17-6)12-9-11-14(4,8-2)18-13(3)16/h2H,7,9-12H2,1,3-6H3/t14-,15-/m0/s1. The number of carbonyl (C=O) groups excluding carboxylic acids is 1. The second-order valence-electron chi connectivity index (χ2n) is 5.23. The van der Waals surface area contributed by atoms with Gasteiger partial charge in [-0.15, -0.1) is 6.42 Å². The summed E-state index contributed by atoms with van der Waals surface area (Å²) in [5.74, 6) is 2.23. The Morgan fingerprint density at radius 2 is 1.89 bits per heavy atom. The van der Waals surface area contributed by atoms with Crippen molar-refractivity contribution in [1.82, 2.24) is 0 Å². The lowest BCUT2D eigenvalue weighted by Crippen LogP contribution is -2.31. The number of carbonyl (C=O) groups is 1. The Morgan fingerprint density at radius 1 is 1.28 bits per heavy atom. The fourth-order valence-corrected chi connectivity index (χ4v) is 2.13. The van der Waals surface area contributed by atoms with E-state index in [9.17, 15) is 4.79 Å². The topological polar surface area (TPSA) is 35.5 Å². The monoisotopic (exact) mass is 254 g/mol. The lowest BCUT2D eigenvalue weighted by Gasteiger charge is -2.30. The minimum absolute atomic E-state index is 0.111. The van der Waals surface area contributed by atoms with Gasteiger partial charge in [-0.2, -0.15) is 0 Å². The summed E-state index contributed by atoms with van der Waals surface area (Å²) < 4.78 is 10.7. The summed E-state index contributed by atoms with van der Waals surface area (Å²) in [5.41, 5.74) is -0.910. The zero-order valence-corrected chi connectivity index (χ0v) is 12.3. The minimum atomic E-state index is -0.799. The second kappa shape index (κ2) is 7.43. The average molecular weight is 254 g/mol. The summed E-state index contributed by atoms with van der Waals surface area (Å²) in [6.07, 6.45) is 9.98. The van der Waals surface area contributed by atoms with E-state index in [1.165, 1.54) is 6.92 Å². The normalized spacial score (nSPS) is 17.3. The van der Waals surface area contributed by atoms with Gasteiger partial charge in [0.2, 0.25) is 0 Å². The quantitative estimate of drug-likeness (QED) is 0.492. The highest BCUT2D eigenvalue weighted by molar-refractivity contribution is 5.67. The van der Waals surface area contributed by atoms with Crippen LogP contribution in [0.15, 0.2) is 0 Å². The molecule has 104 valence electrons. The molecule has 0 aromatic carbocycles. The first-order valence-electron chi connectivity index (χ1n) is 6.53. The maximum Gasteiger partial charge on any atom is 0.304 e. The molecule has 18 heavy (non-hydrogen) atoms. The molecule has 0 aliphatic carbocycles. The van der Waals surface area contributed by atoms with Crippen molar-refractivity contribution in [3.63, 3.8) is 0 Å². The smallest absolute Gasteiger partial charge is 0.304 e. The maximum absolute atomic E-state index is 11.0. The zero-order valence-electron chi connectivity index (χ0n) is 12.3. The van der Waals surface area contributed by atoms with Crippen LogP contribution in [-0.4, -0.2) is 24.3 Å². The first kappa shape index (κ1) is 17.0. The van der Waals surface area contributed by atoms with Crippen molar-refractivity contribution in [3.8, 4) is 12.3 Å². The van der Waals surface area contributed by atoms with Crippen molar-refractivity contribution in [2.24, 2.45) is 0 Å². The van der Waals surface area contributed by atoms with Gasteiger partial charge in [-0.1, -0.05) is 19.3 Å². The molecule has 0 unspecified atom stereocenters. The average Bonchev–Trinajstić information content (AvgIpc) is 2.28. The summed E-state index contributed by atoms with van der Waals surface area (Å²) in [6.45, 7) is 7.40. The highest BCUT2D eigenvalue weighted by atomic mass is 16.6. The van der Waals surface area contributed by atoms with Gasteiger partial charge in [-0.05, 0) is 39.5 Å². The summed E-state index contributed by atoms with van der Waals surface area (Å²) in [6, 6.07) is 0. The van der Waals surface area contributed by atoms with Crippen molar-refractivity contribution >= 4 is 5.97 Å². The molecule has 0 saturated heterocycles. The van der Waals surface area contributed by atoms with Gasteiger partial charge in [-0.25, -0.2) is 0 Å². The Balaban J connectivity index is 4.30. The van der Waals surface area contributed by atoms with E-state index in [1.54, 1.807) is 14.0 Å². The molecule has 0 aliphatic heterocycles. The van der Waals surface area contributed by atoms with Gasteiger partial charge in [0.05, 0.1) is 5.60 Å². The number of hydrogen-bond acceptors (Lipinski definition) is 3. The summed E-state index contributed by atoms with van der Waals surface area (Å²) in [5, 5.41) is 0. The molecule has 0 radical (unpaired) electrons. The Hall–Kier alpha value is -1.01. The lowest BCUT2D eigenvalue weighted by molar-refractivity contribution is -0.150. The van der Waals surface area contributed by atoms with E-state index < -0.39 is 5.60 Å². The third kappa shape index (κ3) is 6.07. The lowest BCUT2D eigenvalue weighted by atomic mass is 9.90. The van der Waals surface area contributed by atoms with Gasteiger partial charge in [0, 0.05) is 14.0 Å². The second-order valence-corrected chi connectivity index (χ2v) is 5.23. The zero-order chi connectivity index (χ0) is 14.2. The van der Waals surface area contributed by atoms with Gasteiger partial charge < -0.3 is 9.47 Å². The van der Waals surface area contributed by atoms with Crippen LogP contribution in [0, 0.1) is 12.3 Å². The van der Waals surface area contributed by atoms with Crippen molar-refractivity contribution in [2.75, 3.05) is 7.11 Å². The highest BCUT2D eigenvalue weighted by Crippen LogP contribution is 2.26. The van der Waals surface area contributed by atoms with Gasteiger partial charge in [0.1, 0.15) is 0 Å². The van der Waals surface area contributed by atoms with E-state index in [4.69, 9.17) is 15.9 Å². The molecule has 0 saturated carbocycles. The van der Waals surface area contributed by atoms with E-state index in [-0.39, 0.29) is 11.6 Å². The predicted molar refractivity (Wildman–Crippen MR) is 73.2 cm³/mol. The van der Waals surface area contributed by atoms with Gasteiger partial charge in [0.15, 0.2) is 5.60 Å². The number of esters is 1. The third-order valence-electron chi connectivity index (χ3n) is 3.31. The van der Waals surface area contributed by atoms with Gasteiger partial charge in [-0.3, -0.25) is 4.79 Å². The van der Waals surface area contributed by atoms with Crippen LogP contribution in [0.3, 0.4) is 0 Å². The van der Waals surface area contributed by atoms with E-state index in [0.29, 0.717) is 6.42 Å². The largest absolute Gasteiger partial charge is 0.446 e. The Labute approximate surface area is 111 Å². The molecule has 0 spiro atoms. The summed E-state index contributed by atoms with van der Waals surface area (Å²) in [7, 11) is 1.74. The van der Waals surface area contributed by atoms with E-state index in [1.807, 2.05) is 0 Å². The minimum Gasteiger partial charge on any atom is -0.446 e. The van der Waals surface area contributed by atoms with Crippen LogP contribution in [-0.2, 0) is 14.3 Å². The fraction of sp³-hybridized carbons (Fsp3) is 0.800. The Morgan fingerprint density at radius 3 is 2.28 bits per heavy atom. The molecule has 0 amide bonds. The van der Waals surface area contributed by atoms with Crippen molar-refractivity contribution in [2.45, 2.75) is 71.0 Å². The van der Waals surface area contributed by atoms with Crippen LogP contribution in [0.4, 0.5) is 0 Å². The van der Waals surface area contributed by atoms with Crippen molar-refractivity contribution < 1.29 is 14.3 Å². The van der Waals surface area contributed by atoms with E-state index >= 15 is 0 Å². The molecule has 0 aromatic heterocycles. The van der Waals surface area contributed by atoms with Gasteiger partial charge >= 0.3 is 5.97 Å². The number of terminal acetylenes is 1. The number of rotatable bonds is 8. The third-order valence-corrected chi connectivity index (χ3v) is 3.31. The SMILES string of the molecule is C#C[C@@](C)(CCC[C@](C)(CCC)OC)OC(C)=O.